The molecule has 0 fully saturated rings. The van der Waals surface area contributed by atoms with E-state index in [9.17, 15) is 18.5 Å². The van der Waals surface area contributed by atoms with Gasteiger partial charge in [-0.05, 0) is 53.8 Å². The number of hydrogen-bond donors (Lipinski definition) is 2. The van der Waals surface area contributed by atoms with E-state index >= 15 is 0 Å². The summed E-state index contributed by atoms with van der Waals surface area (Å²) in [5.74, 6) is 0.173. The highest BCUT2D eigenvalue weighted by molar-refractivity contribution is 7.92. The number of hydrogen-bond acceptors (Lipinski definition) is 5. The van der Waals surface area contributed by atoms with Crippen molar-refractivity contribution in [2.75, 3.05) is 10.0 Å². The van der Waals surface area contributed by atoms with E-state index in [0.717, 1.165) is 23.2 Å². The number of rotatable bonds is 5. The van der Waals surface area contributed by atoms with Crippen molar-refractivity contribution in [2.24, 2.45) is 5.92 Å². The summed E-state index contributed by atoms with van der Waals surface area (Å²) in [6.07, 6.45) is 5.01. The van der Waals surface area contributed by atoms with Crippen LogP contribution in [0.4, 0.5) is 17.1 Å². The molecule has 0 unspecified atom stereocenters. The van der Waals surface area contributed by atoms with E-state index in [1.165, 1.54) is 6.07 Å². The van der Waals surface area contributed by atoms with Gasteiger partial charge in [0, 0.05) is 29.4 Å². The van der Waals surface area contributed by atoms with Crippen LogP contribution in [0.2, 0.25) is 0 Å². The van der Waals surface area contributed by atoms with Crippen molar-refractivity contribution in [1.29, 1.82) is 0 Å². The monoisotopic (exact) mass is 447 g/mol. The normalized spacial score (nSPS) is 21.3. The molecule has 2 aliphatic rings. The lowest BCUT2D eigenvalue weighted by Gasteiger charge is -2.37. The van der Waals surface area contributed by atoms with Gasteiger partial charge in [0.05, 0.1) is 15.9 Å². The van der Waals surface area contributed by atoms with Gasteiger partial charge in [-0.3, -0.25) is 14.8 Å². The number of sulfonamides is 1. The first kappa shape index (κ1) is 20.3. The number of para-hydroxylation sites is 1. The number of anilines is 2. The Bertz CT molecular complexity index is 1320. The van der Waals surface area contributed by atoms with Crippen molar-refractivity contribution in [3.05, 3.63) is 106 Å². The first-order valence-corrected chi connectivity index (χ1v) is 11.8. The van der Waals surface area contributed by atoms with Crippen molar-refractivity contribution >= 4 is 27.1 Å². The maximum absolute atomic E-state index is 13.0. The molecule has 3 aromatic carbocycles. The van der Waals surface area contributed by atoms with Crippen LogP contribution in [-0.2, 0) is 10.0 Å². The Labute approximate surface area is 186 Å². The molecule has 8 heteroatoms. The average molecular weight is 448 g/mol. The Morgan fingerprint density at radius 2 is 1.81 bits per heavy atom. The van der Waals surface area contributed by atoms with Crippen LogP contribution >= 0.6 is 0 Å². The van der Waals surface area contributed by atoms with Gasteiger partial charge < -0.3 is 5.32 Å². The molecule has 0 amide bonds. The third-order valence-corrected chi connectivity index (χ3v) is 7.49. The number of nitro groups is 1. The lowest BCUT2D eigenvalue weighted by atomic mass is 9.77. The molecule has 32 heavy (non-hydrogen) atoms. The zero-order valence-electron chi connectivity index (χ0n) is 17.0. The van der Waals surface area contributed by atoms with Gasteiger partial charge >= 0.3 is 0 Å². The van der Waals surface area contributed by atoms with Crippen LogP contribution in [0.5, 0.6) is 0 Å². The van der Waals surface area contributed by atoms with E-state index in [-0.39, 0.29) is 33.4 Å². The van der Waals surface area contributed by atoms with Gasteiger partial charge in [0.15, 0.2) is 0 Å². The van der Waals surface area contributed by atoms with Crippen molar-refractivity contribution in [1.82, 2.24) is 0 Å². The fraction of sp³-hybridized carbons (Fsp3) is 0.167. The molecule has 3 aromatic rings. The predicted octanol–water partition coefficient (Wildman–Crippen LogP) is 5.22. The Morgan fingerprint density at radius 3 is 2.59 bits per heavy atom. The van der Waals surface area contributed by atoms with E-state index < -0.39 is 10.0 Å². The minimum Gasteiger partial charge on any atom is -0.378 e. The van der Waals surface area contributed by atoms with Crippen molar-refractivity contribution in [3.63, 3.8) is 0 Å². The summed E-state index contributed by atoms with van der Waals surface area (Å²) in [7, 11) is -3.73. The molecule has 5 rings (SSSR count). The summed E-state index contributed by atoms with van der Waals surface area (Å²) in [5, 5.41) is 14.7. The topological polar surface area (TPSA) is 101 Å². The van der Waals surface area contributed by atoms with E-state index in [1.807, 2.05) is 12.1 Å². The first-order chi connectivity index (χ1) is 15.4. The largest absolute Gasteiger partial charge is 0.378 e. The highest BCUT2D eigenvalue weighted by Crippen LogP contribution is 2.50. The smallest absolute Gasteiger partial charge is 0.269 e. The minimum atomic E-state index is -3.73. The molecule has 0 saturated carbocycles. The number of nitrogens with one attached hydrogen (secondary N) is 2. The predicted molar refractivity (Wildman–Crippen MR) is 123 cm³/mol. The second kappa shape index (κ2) is 7.80. The van der Waals surface area contributed by atoms with E-state index in [4.69, 9.17) is 0 Å². The third-order valence-electron chi connectivity index (χ3n) is 6.11. The molecule has 3 atom stereocenters. The summed E-state index contributed by atoms with van der Waals surface area (Å²) in [5.41, 5.74) is 3.18. The Balaban J connectivity index is 1.50. The maximum Gasteiger partial charge on any atom is 0.269 e. The van der Waals surface area contributed by atoms with Crippen LogP contribution in [0.1, 0.15) is 29.5 Å². The number of benzene rings is 3. The van der Waals surface area contributed by atoms with Crippen LogP contribution in [0.15, 0.2) is 89.8 Å². The number of nitrogens with zero attached hydrogens (tertiary/aromatic N) is 1. The quantitative estimate of drug-likeness (QED) is 0.317. The second-order valence-corrected chi connectivity index (χ2v) is 9.73. The van der Waals surface area contributed by atoms with Gasteiger partial charge in [-0.15, -0.1) is 0 Å². The fourth-order valence-electron chi connectivity index (χ4n) is 4.62. The van der Waals surface area contributed by atoms with Gasteiger partial charge in [-0.1, -0.05) is 42.5 Å². The van der Waals surface area contributed by atoms with Crippen LogP contribution in [0.3, 0.4) is 0 Å². The average Bonchev–Trinajstić information content (AvgIpc) is 3.29. The first-order valence-electron chi connectivity index (χ1n) is 10.3. The van der Waals surface area contributed by atoms with E-state index in [1.54, 1.807) is 54.6 Å². The van der Waals surface area contributed by atoms with E-state index in [2.05, 4.69) is 22.2 Å². The molecule has 1 aliphatic heterocycles. The Morgan fingerprint density at radius 1 is 1.00 bits per heavy atom. The third kappa shape index (κ3) is 3.62. The molecule has 0 bridgehead atoms. The lowest BCUT2D eigenvalue weighted by molar-refractivity contribution is -0.384. The number of allylic oxidation sites excluding steroid dienone is 2. The molecule has 1 aliphatic carbocycles. The summed E-state index contributed by atoms with van der Waals surface area (Å²) >= 11 is 0. The van der Waals surface area contributed by atoms with Gasteiger partial charge in [0.25, 0.3) is 15.7 Å². The molecule has 7 nitrogen and oxygen atoms in total. The number of fused-ring (bicyclic) bond motifs is 3. The molecule has 1 heterocycles. The summed E-state index contributed by atoms with van der Waals surface area (Å²) < 4.78 is 28.5. The summed E-state index contributed by atoms with van der Waals surface area (Å²) in [6.45, 7) is 0. The van der Waals surface area contributed by atoms with Crippen molar-refractivity contribution < 1.29 is 13.3 Å². The molecular formula is C24H21N3O4S. The van der Waals surface area contributed by atoms with Crippen LogP contribution in [0.25, 0.3) is 0 Å². The molecule has 2 N–H and O–H groups in total. The number of non-ortho nitro benzene ring substituents is 1. The van der Waals surface area contributed by atoms with Crippen molar-refractivity contribution in [2.45, 2.75) is 23.3 Å². The molecule has 0 saturated heterocycles. The van der Waals surface area contributed by atoms with Gasteiger partial charge in [-0.2, -0.15) is 0 Å². The van der Waals surface area contributed by atoms with Gasteiger partial charge in [0.1, 0.15) is 0 Å². The fourth-order valence-corrected chi connectivity index (χ4v) is 5.72. The maximum atomic E-state index is 13.0. The standard InChI is InChI=1S/C24H21N3O4S/c28-27(29)18-9-4-6-16(14-18)24-21-11-5-10-20(21)22-15-19(12-13-23(22)25-24)32(30,31)26-17-7-2-1-3-8-17/h1-10,12-15,20-21,24-26H,11H2/t20-,21+,24+/m0/s1. The zero-order chi connectivity index (χ0) is 22.3. The molecule has 0 aromatic heterocycles. The van der Waals surface area contributed by atoms with Crippen LogP contribution in [-0.4, -0.2) is 13.3 Å². The van der Waals surface area contributed by atoms with Gasteiger partial charge in [0.2, 0.25) is 0 Å². The zero-order valence-corrected chi connectivity index (χ0v) is 17.8. The number of nitro benzene ring substituents is 1. The highest BCUT2D eigenvalue weighted by Gasteiger charge is 2.38. The van der Waals surface area contributed by atoms with Crippen LogP contribution < -0.4 is 10.0 Å². The van der Waals surface area contributed by atoms with Gasteiger partial charge in [-0.25, -0.2) is 8.42 Å². The lowest BCUT2D eigenvalue weighted by Crippen LogP contribution is -2.29. The summed E-state index contributed by atoms with van der Waals surface area (Å²) in [4.78, 5) is 11.1. The molecular weight excluding hydrogens is 426 g/mol. The SMILES string of the molecule is O=[N+]([O-])c1cccc([C@H]2Nc3ccc(S(=O)(=O)Nc4ccccc4)cc3[C@H]3C=CC[C@H]32)c1. The van der Waals surface area contributed by atoms with E-state index in [0.29, 0.717) is 5.69 Å². The molecule has 0 spiro atoms. The van der Waals surface area contributed by atoms with Crippen molar-refractivity contribution in [3.8, 4) is 0 Å². The Kier molecular flexibility index (Phi) is 4.94. The molecule has 0 radical (unpaired) electrons. The summed E-state index contributed by atoms with van der Waals surface area (Å²) in [6, 6.07) is 20.5. The Hall–Kier alpha value is -3.65. The van der Waals surface area contributed by atoms with Crippen LogP contribution in [0, 0.1) is 16.0 Å². The highest BCUT2D eigenvalue weighted by atomic mass is 32.2. The minimum absolute atomic E-state index is 0.0300. The second-order valence-electron chi connectivity index (χ2n) is 8.05. The molecule has 162 valence electrons.